The standard InChI is InChI=1S/C20H25ClN2O6/c1-4-12(2)18(20(27)28-3)22-16(24)11-29-19(26)13-7-8-14(21)15(10-13)23-9-5-6-17(23)25/h7-8,10,12,18H,4-6,9,11H2,1-3H3,(H,22,24)/t12-,18+/m0/s1. The largest absolute Gasteiger partial charge is 0.467 e. The zero-order valence-electron chi connectivity index (χ0n) is 16.7. The van der Waals surface area contributed by atoms with Gasteiger partial charge in [0, 0.05) is 13.0 Å². The van der Waals surface area contributed by atoms with Gasteiger partial charge in [-0.15, -0.1) is 0 Å². The Kier molecular flexibility index (Phi) is 8.01. The van der Waals surface area contributed by atoms with Gasteiger partial charge in [0.1, 0.15) is 6.04 Å². The number of nitrogens with zero attached hydrogens (tertiary/aromatic N) is 1. The van der Waals surface area contributed by atoms with Gasteiger partial charge in [-0.3, -0.25) is 9.59 Å². The average Bonchev–Trinajstić information content (AvgIpc) is 3.15. The summed E-state index contributed by atoms with van der Waals surface area (Å²) in [5.41, 5.74) is 0.610. The summed E-state index contributed by atoms with van der Waals surface area (Å²) in [6.45, 7) is 3.67. The van der Waals surface area contributed by atoms with Gasteiger partial charge in [-0.1, -0.05) is 31.9 Å². The molecule has 0 unspecified atom stereocenters. The summed E-state index contributed by atoms with van der Waals surface area (Å²) in [5, 5.41) is 2.88. The van der Waals surface area contributed by atoms with E-state index in [0.29, 0.717) is 30.1 Å². The smallest absolute Gasteiger partial charge is 0.338 e. The number of halogens is 1. The predicted octanol–water partition coefficient (Wildman–Crippen LogP) is 2.33. The number of nitrogens with one attached hydrogen (secondary N) is 1. The van der Waals surface area contributed by atoms with Crippen LogP contribution < -0.4 is 10.2 Å². The Morgan fingerprint density at radius 3 is 2.62 bits per heavy atom. The minimum absolute atomic E-state index is 0.0595. The summed E-state index contributed by atoms with van der Waals surface area (Å²) < 4.78 is 9.76. The minimum atomic E-state index is -0.820. The first kappa shape index (κ1) is 22.7. The van der Waals surface area contributed by atoms with Gasteiger partial charge in [-0.05, 0) is 30.5 Å². The molecule has 0 aromatic heterocycles. The fourth-order valence-corrected chi connectivity index (χ4v) is 3.19. The fourth-order valence-electron chi connectivity index (χ4n) is 2.98. The topological polar surface area (TPSA) is 102 Å². The van der Waals surface area contributed by atoms with Crippen molar-refractivity contribution in [3.63, 3.8) is 0 Å². The van der Waals surface area contributed by atoms with Crippen LogP contribution in [-0.4, -0.2) is 50.1 Å². The van der Waals surface area contributed by atoms with Gasteiger partial charge in [0.15, 0.2) is 6.61 Å². The zero-order valence-corrected chi connectivity index (χ0v) is 17.5. The Hall–Kier alpha value is -2.61. The van der Waals surface area contributed by atoms with E-state index >= 15 is 0 Å². The highest BCUT2D eigenvalue weighted by molar-refractivity contribution is 6.34. The quantitative estimate of drug-likeness (QED) is 0.642. The van der Waals surface area contributed by atoms with Gasteiger partial charge in [0.2, 0.25) is 5.91 Å². The second kappa shape index (κ2) is 10.2. The van der Waals surface area contributed by atoms with Crippen LogP contribution in [0.3, 0.4) is 0 Å². The van der Waals surface area contributed by atoms with Crippen molar-refractivity contribution >= 4 is 41.0 Å². The molecule has 1 aromatic carbocycles. The van der Waals surface area contributed by atoms with Crippen molar-refractivity contribution in [2.45, 2.75) is 39.2 Å². The average molecular weight is 425 g/mol. The number of anilines is 1. The van der Waals surface area contributed by atoms with Crippen molar-refractivity contribution < 1.29 is 28.7 Å². The van der Waals surface area contributed by atoms with Gasteiger partial charge >= 0.3 is 11.9 Å². The van der Waals surface area contributed by atoms with Crippen molar-refractivity contribution in [2.24, 2.45) is 5.92 Å². The van der Waals surface area contributed by atoms with Gasteiger partial charge in [-0.2, -0.15) is 0 Å². The van der Waals surface area contributed by atoms with E-state index in [4.69, 9.17) is 21.1 Å². The molecule has 1 fully saturated rings. The van der Waals surface area contributed by atoms with Crippen LogP contribution in [-0.2, 0) is 23.9 Å². The van der Waals surface area contributed by atoms with Crippen molar-refractivity contribution in [2.75, 3.05) is 25.2 Å². The molecule has 1 aromatic rings. The van der Waals surface area contributed by atoms with Crippen molar-refractivity contribution in [3.8, 4) is 0 Å². The Labute approximate surface area is 174 Å². The maximum atomic E-state index is 12.3. The molecule has 0 bridgehead atoms. The number of methoxy groups -OCH3 is 1. The van der Waals surface area contributed by atoms with Crippen LogP contribution in [0.2, 0.25) is 5.02 Å². The lowest BCUT2D eigenvalue weighted by Gasteiger charge is -2.21. The third kappa shape index (κ3) is 5.69. The number of amides is 2. The molecule has 9 heteroatoms. The lowest BCUT2D eigenvalue weighted by atomic mass is 9.99. The third-order valence-electron chi connectivity index (χ3n) is 4.87. The first-order valence-electron chi connectivity index (χ1n) is 9.42. The second-order valence-electron chi connectivity index (χ2n) is 6.85. The van der Waals surface area contributed by atoms with Crippen LogP contribution in [0.5, 0.6) is 0 Å². The molecular weight excluding hydrogens is 400 g/mol. The molecular formula is C20H25ClN2O6. The molecule has 2 atom stereocenters. The van der Waals surface area contributed by atoms with Crippen molar-refractivity contribution in [1.29, 1.82) is 0 Å². The number of carbonyl (C=O) groups is 4. The van der Waals surface area contributed by atoms with E-state index in [9.17, 15) is 19.2 Å². The fraction of sp³-hybridized carbons (Fsp3) is 0.500. The van der Waals surface area contributed by atoms with Crippen LogP contribution in [0.4, 0.5) is 5.69 Å². The van der Waals surface area contributed by atoms with Crippen LogP contribution in [0.25, 0.3) is 0 Å². The molecule has 0 radical (unpaired) electrons. The van der Waals surface area contributed by atoms with Gasteiger partial charge in [0.25, 0.3) is 5.91 Å². The van der Waals surface area contributed by atoms with E-state index in [1.165, 1.54) is 30.2 Å². The van der Waals surface area contributed by atoms with E-state index in [1.807, 2.05) is 13.8 Å². The maximum absolute atomic E-state index is 12.3. The summed E-state index contributed by atoms with van der Waals surface area (Å²) in [5.74, 6) is -2.10. The van der Waals surface area contributed by atoms with Crippen LogP contribution in [0.1, 0.15) is 43.5 Å². The minimum Gasteiger partial charge on any atom is -0.467 e. The summed E-state index contributed by atoms with van der Waals surface area (Å²) >= 11 is 6.16. The zero-order chi connectivity index (χ0) is 21.6. The number of benzene rings is 1. The monoisotopic (exact) mass is 424 g/mol. The number of esters is 2. The van der Waals surface area contributed by atoms with Crippen LogP contribution in [0, 0.1) is 5.92 Å². The van der Waals surface area contributed by atoms with E-state index in [2.05, 4.69) is 5.32 Å². The van der Waals surface area contributed by atoms with Crippen molar-refractivity contribution in [1.82, 2.24) is 5.32 Å². The maximum Gasteiger partial charge on any atom is 0.338 e. The molecule has 158 valence electrons. The molecule has 1 N–H and O–H groups in total. The Morgan fingerprint density at radius 1 is 1.31 bits per heavy atom. The van der Waals surface area contributed by atoms with Gasteiger partial charge < -0.3 is 19.7 Å². The highest BCUT2D eigenvalue weighted by Crippen LogP contribution is 2.30. The molecule has 2 rings (SSSR count). The molecule has 1 heterocycles. The predicted molar refractivity (Wildman–Crippen MR) is 107 cm³/mol. The first-order valence-corrected chi connectivity index (χ1v) is 9.80. The van der Waals surface area contributed by atoms with E-state index in [-0.39, 0.29) is 17.4 Å². The molecule has 0 spiro atoms. The van der Waals surface area contributed by atoms with Gasteiger partial charge in [-0.25, -0.2) is 9.59 Å². The molecule has 8 nitrogen and oxygen atoms in total. The summed E-state index contributed by atoms with van der Waals surface area (Å²) in [6.07, 6.45) is 1.81. The summed E-state index contributed by atoms with van der Waals surface area (Å²) in [4.78, 5) is 49.8. The first-order chi connectivity index (χ1) is 13.8. The molecule has 29 heavy (non-hydrogen) atoms. The Morgan fingerprint density at radius 2 is 2.03 bits per heavy atom. The number of rotatable bonds is 8. The van der Waals surface area contributed by atoms with Crippen LogP contribution in [0.15, 0.2) is 18.2 Å². The number of carbonyl (C=O) groups excluding carboxylic acids is 4. The highest BCUT2D eigenvalue weighted by Gasteiger charge is 2.27. The number of hydrogen-bond donors (Lipinski definition) is 1. The van der Waals surface area contributed by atoms with Gasteiger partial charge in [0.05, 0.1) is 23.4 Å². The summed E-state index contributed by atoms with van der Waals surface area (Å²) in [7, 11) is 1.24. The SMILES string of the molecule is CC[C@H](C)[C@@H](NC(=O)COC(=O)c1ccc(Cl)c(N2CCCC2=O)c1)C(=O)OC. The normalized spacial score (nSPS) is 15.6. The highest BCUT2D eigenvalue weighted by atomic mass is 35.5. The summed E-state index contributed by atoms with van der Waals surface area (Å²) in [6, 6.07) is 3.63. The Bertz CT molecular complexity index is 797. The Balaban J connectivity index is 2.00. The molecule has 0 aliphatic carbocycles. The van der Waals surface area contributed by atoms with E-state index in [1.54, 1.807) is 0 Å². The van der Waals surface area contributed by atoms with E-state index in [0.717, 1.165) is 6.42 Å². The number of ether oxygens (including phenoxy) is 2. The second-order valence-corrected chi connectivity index (χ2v) is 7.25. The number of hydrogen-bond acceptors (Lipinski definition) is 6. The molecule has 1 aliphatic rings. The third-order valence-corrected chi connectivity index (χ3v) is 5.18. The lowest BCUT2D eigenvalue weighted by Crippen LogP contribution is -2.47. The van der Waals surface area contributed by atoms with Crippen LogP contribution >= 0.6 is 11.6 Å². The van der Waals surface area contributed by atoms with Crippen molar-refractivity contribution in [3.05, 3.63) is 28.8 Å². The molecule has 1 saturated heterocycles. The van der Waals surface area contributed by atoms with E-state index < -0.39 is 30.5 Å². The molecule has 2 amide bonds. The molecule has 0 saturated carbocycles. The molecule has 1 aliphatic heterocycles. The lowest BCUT2D eigenvalue weighted by molar-refractivity contribution is -0.147.